The van der Waals surface area contributed by atoms with Crippen LogP contribution in [0.2, 0.25) is 0 Å². The van der Waals surface area contributed by atoms with Crippen LogP contribution in [0.3, 0.4) is 0 Å². The quantitative estimate of drug-likeness (QED) is 0.229. The normalized spacial score (nSPS) is 21.1. The van der Waals surface area contributed by atoms with E-state index in [9.17, 15) is 10.2 Å². The Hall–Kier alpha value is -2.65. The molecule has 2 aromatic carbocycles. The lowest BCUT2D eigenvalue weighted by molar-refractivity contribution is 0.188. The van der Waals surface area contributed by atoms with Crippen LogP contribution in [0.4, 0.5) is 11.4 Å². The van der Waals surface area contributed by atoms with Gasteiger partial charge in [0.2, 0.25) is 5.36 Å². The van der Waals surface area contributed by atoms with Gasteiger partial charge in [0, 0.05) is 108 Å². The minimum Gasteiger partial charge on any atom is -0.456 e. The zero-order valence-electron chi connectivity index (χ0n) is 24.6. The van der Waals surface area contributed by atoms with E-state index in [0.717, 1.165) is 98.8 Å². The molecule has 0 atom stereocenters. The van der Waals surface area contributed by atoms with Gasteiger partial charge in [0.1, 0.15) is 24.4 Å². The van der Waals surface area contributed by atoms with Crippen molar-refractivity contribution in [1.82, 2.24) is 4.58 Å². The van der Waals surface area contributed by atoms with E-state index in [2.05, 4.69) is 62.9 Å². The molecule has 8 heteroatoms. The van der Waals surface area contributed by atoms with Gasteiger partial charge in [-0.15, -0.1) is 23.5 Å². The van der Waals surface area contributed by atoms with Gasteiger partial charge in [-0.2, -0.15) is 0 Å². The minimum atomic E-state index is 0.285. The van der Waals surface area contributed by atoms with Crippen molar-refractivity contribution in [1.29, 1.82) is 0 Å². The van der Waals surface area contributed by atoms with Crippen LogP contribution in [0.1, 0.15) is 25.7 Å². The summed E-state index contributed by atoms with van der Waals surface area (Å²) >= 11 is 3.99. The Morgan fingerprint density at radius 3 is 2.16 bits per heavy atom. The van der Waals surface area contributed by atoms with Gasteiger partial charge in [-0.1, -0.05) is 0 Å². The second kappa shape index (κ2) is 11.7. The van der Waals surface area contributed by atoms with E-state index in [0.29, 0.717) is 11.8 Å². The first-order valence-electron chi connectivity index (χ1n) is 15.9. The first kappa shape index (κ1) is 27.9. The van der Waals surface area contributed by atoms with E-state index >= 15 is 0 Å². The van der Waals surface area contributed by atoms with Crippen LogP contribution in [0.15, 0.2) is 62.7 Å². The molecule has 0 unspecified atom stereocenters. The molecule has 2 aromatic rings. The van der Waals surface area contributed by atoms with Gasteiger partial charge in [0.05, 0.1) is 11.8 Å². The van der Waals surface area contributed by atoms with E-state index in [1.807, 2.05) is 23.5 Å². The lowest BCUT2D eigenvalue weighted by Gasteiger charge is -2.36. The lowest BCUT2D eigenvalue weighted by Crippen LogP contribution is -2.38. The fraction of sp³-hybridized carbons (Fsp3) is 0.457. The first-order chi connectivity index (χ1) is 21.2. The van der Waals surface area contributed by atoms with Gasteiger partial charge in [0.25, 0.3) is 0 Å². The maximum atomic E-state index is 9.65. The van der Waals surface area contributed by atoms with E-state index in [4.69, 9.17) is 4.42 Å². The van der Waals surface area contributed by atoms with Crippen LogP contribution in [-0.4, -0.2) is 74.2 Å². The number of anilines is 2. The Balaban J connectivity index is 1.30. The molecule has 6 aliphatic rings. The predicted octanol–water partition coefficient (Wildman–Crippen LogP) is 5.61. The molecule has 1 aliphatic carbocycles. The van der Waals surface area contributed by atoms with Crippen LogP contribution in [-0.2, 0) is 0 Å². The van der Waals surface area contributed by atoms with Crippen molar-refractivity contribution < 1.29 is 14.6 Å². The van der Waals surface area contributed by atoms with Gasteiger partial charge < -0.3 is 24.4 Å². The van der Waals surface area contributed by atoms with Crippen LogP contribution >= 0.6 is 23.5 Å². The number of aliphatic hydroxyl groups is 2. The fourth-order valence-corrected chi connectivity index (χ4v) is 9.74. The number of fused-ring (bicyclic) bond motifs is 2. The summed E-state index contributed by atoms with van der Waals surface area (Å²) in [5.41, 5.74) is 7.25. The summed E-state index contributed by atoms with van der Waals surface area (Å²) in [6.07, 6.45) is 4.09. The second-order valence-electron chi connectivity index (χ2n) is 12.6. The highest BCUT2D eigenvalue weighted by Crippen LogP contribution is 2.49. The van der Waals surface area contributed by atoms with Crippen molar-refractivity contribution >= 4 is 45.9 Å². The number of hydrogen-bond acceptors (Lipinski definition) is 7. The third kappa shape index (κ3) is 5.14. The molecule has 0 spiro atoms. The number of rotatable bonds is 4. The van der Waals surface area contributed by atoms with Gasteiger partial charge in [0.15, 0.2) is 0 Å². The minimum absolute atomic E-state index is 0.285. The van der Waals surface area contributed by atoms with Crippen molar-refractivity contribution in [2.45, 2.75) is 35.5 Å². The maximum Gasteiger partial charge on any atom is 0.203 e. The highest BCUT2D eigenvalue weighted by atomic mass is 32.2. The average molecular weight is 615 g/mol. The number of nitrogens with zero attached hydrogens (tertiary/aromatic N) is 3. The van der Waals surface area contributed by atoms with Crippen molar-refractivity contribution in [2.75, 3.05) is 73.8 Å². The van der Waals surface area contributed by atoms with Crippen molar-refractivity contribution in [3.8, 4) is 22.5 Å². The largest absolute Gasteiger partial charge is 0.456 e. The van der Waals surface area contributed by atoms with Crippen molar-refractivity contribution in [2.24, 2.45) is 11.8 Å². The third-order valence-electron chi connectivity index (χ3n) is 10.0. The molecule has 0 saturated carbocycles. The molecule has 0 bridgehead atoms. The summed E-state index contributed by atoms with van der Waals surface area (Å²) in [5.74, 6) is 4.02. The lowest BCUT2D eigenvalue weighted by atomic mass is 9.92. The first-order valence-corrected chi connectivity index (χ1v) is 17.9. The van der Waals surface area contributed by atoms with Crippen molar-refractivity contribution in [3.05, 3.63) is 53.9 Å². The molecule has 5 aliphatic heterocycles. The van der Waals surface area contributed by atoms with Gasteiger partial charge in [-0.05, 0) is 60.6 Å². The zero-order valence-corrected chi connectivity index (χ0v) is 26.3. The summed E-state index contributed by atoms with van der Waals surface area (Å²) in [5, 5.41) is 21.6. The molecule has 2 fully saturated rings. The van der Waals surface area contributed by atoms with Crippen LogP contribution in [0.25, 0.3) is 33.4 Å². The molecular formula is C35H40N3O3S2+. The Morgan fingerprint density at radius 2 is 1.47 bits per heavy atom. The smallest absolute Gasteiger partial charge is 0.203 e. The zero-order chi connectivity index (χ0) is 28.9. The van der Waals surface area contributed by atoms with Gasteiger partial charge >= 0.3 is 0 Å². The molecule has 0 amide bonds. The van der Waals surface area contributed by atoms with E-state index < -0.39 is 0 Å². The second-order valence-corrected chi connectivity index (χ2v) is 14.8. The summed E-state index contributed by atoms with van der Waals surface area (Å²) in [6, 6.07) is 18.4. The predicted molar refractivity (Wildman–Crippen MR) is 179 cm³/mol. The Morgan fingerprint density at radius 1 is 0.767 bits per heavy atom. The highest BCUT2D eigenvalue weighted by Gasteiger charge is 2.28. The molecule has 2 saturated heterocycles. The number of hydrogen-bond donors (Lipinski definition) is 2. The molecular weight excluding hydrogens is 575 g/mol. The molecule has 2 N–H and O–H groups in total. The Bertz CT molecular complexity index is 1670. The molecule has 8 rings (SSSR count). The number of thioether (sulfide) groups is 2. The SMILES string of the molecule is OCC1CCN(c2ccc3c(-c4cc5c6c(c4)SCCN6CCS5)c4ccc(=[N+]5CCC(CO)CC5)cc-4oc3c2)CC1. The number of piperidine rings is 2. The van der Waals surface area contributed by atoms with E-state index in [-0.39, 0.29) is 13.2 Å². The van der Waals surface area contributed by atoms with Crippen LogP contribution < -0.4 is 19.7 Å². The summed E-state index contributed by atoms with van der Waals surface area (Å²) in [4.78, 5) is 7.83. The topological polar surface area (TPSA) is 63.1 Å². The molecule has 224 valence electrons. The summed E-state index contributed by atoms with van der Waals surface area (Å²) in [6.45, 7) is 6.69. The molecule has 43 heavy (non-hydrogen) atoms. The standard InChI is InChI=1S/C35H40N3O3S2/c39-21-23-5-9-36(10-6-23)26-1-3-28-30(19-26)41-31-20-27(37-11-7-24(22-40)8-12-37)2-4-29(31)34(28)25-17-32-35-33(18-25)43-16-14-38(35)13-15-42-32/h1-4,17-20,23-24,39-40H,5-16,21-22H2/q+1. The van der Waals surface area contributed by atoms with Gasteiger partial charge in [-0.25, -0.2) is 4.58 Å². The third-order valence-corrected chi connectivity index (χ3v) is 12.1. The monoisotopic (exact) mass is 614 g/mol. The van der Waals surface area contributed by atoms with Crippen LogP contribution in [0.5, 0.6) is 0 Å². The molecule has 6 nitrogen and oxygen atoms in total. The Labute approximate surface area is 261 Å². The fourth-order valence-electron chi connectivity index (χ4n) is 7.44. The summed E-state index contributed by atoms with van der Waals surface area (Å²) in [7, 11) is 0. The summed E-state index contributed by atoms with van der Waals surface area (Å²) < 4.78 is 9.24. The number of benzene rings is 3. The molecule has 5 heterocycles. The highest BCUT2D eigenvalue weighted by molar-refractivity contribution is 8.00. The average Bonchev–Trinajstić information content (AvgIpc) is 3.07. The van der Waals surface area contributed by atoms with Crippen LogP contribution in [0, 0.1) is 11.8 Å². The van der Waals surface area contributed by atoms with E-state index in [1.165, 1.54) is 37.6 Å². The molecule has 0 aromatic heterocycles. The Kier molecular flexibility index (Phi) is 7.58. The maximum absolute atomic E-state index is 9.65. The molecule has 0 radical (unpaired) electrons. The number of aliphatic hydroxyl groups excluding tert-OH is 2. The van der Waals surface area contributed by atoms with E-state index in [1.54, 1.807) is 0 Å². The van der Waals surface area contributed by atoms with Gasteiger partial charge in [-0.3, -0.25) is 0 Å². The van der Waals surface area contributed by atoms with Crippen molar-refractivity contribution in [3.63, 3.8) is 0 Å².